The van der Waals surface area contributed by atoms with Crippen LogP contribution in [-0.2, 0) is 22.4 Å². The van der Waals surface area contributed by atoms with Crippen molar-refractivity contribution in [3.63, 3.8) is 0 Å². The molecular weight excluding hydrogens is 301 g/mol. The predicted molar refractivity (Wildman–Crippen MR) is 19.9 cm³/mol. The van der Waals surface area contributed by atoms with Crippen molar-refractivity contribution < 1.29 is 22.4 Å². The monoisotopic (exact) mass is 301 g/mol. The first-order valence-corrected chi connectivity index (χ1v) is 0.894. The Hall–Kier alpha value is -1.30. The topological polar surface area (TPSA) is 95.2 Å². The normalized spacial score (nSPS) is 0.889. The minimum atomic E-state index is 0. The van der Waals surface area contributed by atoms with E-state index < -0.39 is 0 Å². The molecule has 0 spiro atoms. The molecule has 0 aromatic rings. The van der Waals surface area contributed by atoms with E-state index in [1.165, 1.54) is 0 Å². The largest absolute Gasteiger partial charge is 0.512 e. The van der Waals surface area contributed by atoms with E-state index >= 15 is 0 Å². The van der Waals surface area contributed by atoms with E-state index in [4.69, 9.17) is 47.3 Å². The van der Waals surface area contributed by atoms with Crippen LogP contribution in [0, 0.1) is 47.3 Å². The Balaban J connectivity index is -0.00000000762. The van der Waals surface area contributed by atoms with E-state index in [9.17, 15) is 0 Å². The summed E-state index contributed by atoms with van der Waals surface area (Å²) in [5.41, 5.74) is 0. The van der Waals surface area contributed by atoms with E-state index in [1.54, 1.807) is 0 Å². The van der Waals surface area contributed by atoms with Crippen LogP contribution in [0.5, 0.6) is 0 Å². The van der Waals surface area contributed by atoms with E-state index in [-0.39, 0.29) is 22.4 Å². The van der Waals surface area contributed by atoms with Crippen LogP contribution in [0.2, 0.25) is 0 Å². The van der Waals surface area contributed by atoms with Gasteiger partial charge in [0.1, 0.15) is 0 Å². The van der Waals surface area contributed by atoms with Crippen molar-refractivity contribution in [1.29, 1.82) is 21.0 Å². The third-order valence-corrected chi connectivity index (χ3v) is 0. The van der Waals surface area contributed by atoms with Crippen LogP contribution in [0.4, 0.5) is 0 Å². The zero-order chi connectivity index (χ0) is 8.00. The maximum atomic E-state index is 6.25. The zero-order valence-electron chi connectivity index (χ0n) is 4.09. The van der Waals surface area contributed by atoms with E-state index in [0.717, 1.165) is 0 Å². The molecular formula is C4AuN4-4. The fraction of sp³-hybridized carbons (Fsp3) is 0. The van der Waals surface area contributed by atoms with E-state index in [2.05, 4.69) is 0 Å². The minimum absolute atomic E-state index is 0. The average Bonchev–Trinajstić information content (AvgIpc) is 2.03. The molecule has 5 heteroatoms. The maximum absolute atomic E-state index is 6.25. The fourth-order valence-corrected chi connectivity index (χ4v) is 0. The van der Waals surface area contributed by atoms with E-state index in [0.29, 0.717) is 0 Å². The van der Waals surface area contributed by atoms with Crippen molar-refractivity contribution >= 4 is 0 Å². The summed E-state index contributed by atoms with van der Waals surface area (Å²) in [7, 11) is 0. The van der Waals surface area contributed by atoms with Crippen molar-refractivity contribution in [3.8, 4) is 0 Å². The second-order valence-electron chi connectivity index (χ2n) is 0. The van der Waals surface area contributed by atoms with Crippen LogP contribution in [0.3, 0.4) is 0 Å². The Morgan fingerprint density at radius 3 is 0.444 bits per heavy atom. The van der Waals surface area contributed by atoms with Crippen molar-refractivity contribution in [2.75, 3.05) is 0 Å². The van der Waals surface area contributed by atoms with Gasteiger partial charge in [0.2, 0.25) is 0 Å². The van der Waals surface area contributed by atoms with Gasteiger partial charge in [0.25, 0.3) is 0 Å². The summed E-state index contributed by atoms with van der Waals surface area (Å²) >= 11 is 0. The summed E-state index contributed by atoms with van der Waals surface area (Å²) < 4.78 is 0. The molecule has 4 nitrogen and oxygen atoms in total. The standard InChI is InChI=1S/4CN.Au/c4*1-2;/q4*-1;. The Kier molecular flexibility index (Phi) is 679. The zero-order valence-corrected chi connectivity index (χ0v) is 6.26. The molecule has 0 saturated heterocycles. The fourth-order valence-electron chi connectivity index (χ4n) is 0. The summed E-state index contributed by atoms with van der Waals surface area (Å²) in [6.07, 6.45) is 0. The van der Waals surface area contributed by atoms with Crippen LogP contribution in [0.15, 0.2) is 0 Å². The van der Waals surface area contributed by atoms with Crippen LogP contribution in [0.25, 0.3) is 0 Å². The van der Waals surface area contributed by atoms with E-state index in [1.807, 2.05) is 0 Å². The molecule has 0 aliphatic rings. The van der Waals surface area contributed by atoms with Crippen LogP contribution in [-0.4, -0.2) is 0 Å². The van der Waals surface area contributed by atoms with Crippen molar-refractivity contribution in [1.82, 2.24) is 0 Å². The van der Waals surface area contributed by atoms with Crippen LogP contribution in [0.1, 0.15) is 0 Å². The molecule has 0 rings (SSSR count). The summed E-state index contributed by atoms with van der Waals surface area (Å²) in [4.78, 5) is 0. The van der Waals surface area contributed by atoms with Gasteiger partial charge in [-0.15, -0.1) is 0 Å². The molecule has 0 bridgehead atoms. The van der Waals surface area contributed by atoms with Gasteiger partial charge in [-0.3, -0.25) is 0 Å². The quantitative estimate of drug-likeness (QED) is 0.477. The second kappa shape index (κ2) is 129. The predicted octanol–water partition coefficient (Wildman–Crippen LogP) is 0.383. The first kappa shape index (κ1) is 47.4. The van der Waals surface area contributed by atoms with Gasteiger partial charge in [-0.2, -0.15) is 0 Å². The summed E-state index contributed by atoms with van der Waals surface area (Å²) in [6.45, 7) is 19.0. The summed E-state index contributed by atoms with van der Waals surface area (Å²) in [6, 6.07) is 0. The molecule has 0 aliphatic carbocycles. The van der Waals surface area contributed by atoms with Gasteiger partial charge >= 0.3 is 0 Å². The molecule has 0 saturated carbocycles. The van der Waals surface area contributed by atoms with Crippen LogP contribution < -0.4 is 0 Å². The van der Waals surface area contributed by atoms with Gasteiger partial charge in [-0.1, -0.05) is 0 Å². The molecule has 0 aromatic heterocycles. The van der Waals surface area contributed by atoms with Gasteiger partial charge in [-0.05, 0) is 0 Å². The molecule has 0 aromatic carbocycles. The molecule has 9 heavy (non-hydrogen) atoms. The SMILES string of the molecule is [Au].[C-]#N.[C-]#N.[C-]#N.[C-]#N. The first-order chi connectivity index (χ1) is 4.00. The van der Waals surface area contributed by atoms with Gasteiger partial charge in [0.15, 0.2) is 0 Å². The van der Waals surface area contributed by atoms with Crippen molar-refractivity contribution in [2.24, 2.45) is 0 Å². The molecule has 0 unspecified atom stereocenters. The Morgan fingerprint density at radius 2 is 0.444 bits per heavy atom. The van der Waals surface area contributed by atoms with Gasteiger partial charge in [-0.25, -0.2) is 0 Å². The average molecular weight is 301 g/mol. The molecule has 0 N–H and O–H groups in total. The number of hydrogen-bond donors (Lipinski definition) is 0. The second-order valence-corrected chi connectivity index (χ2v) is 0. The summed E-state index contributed by atoms with van der Waals surface area (Å²) in [5.74, 6) is 0. The molecule has 1 radical (unpaired) electrons. The molecule has 0 atom stereocenters. The van der Waals surface area contributed by atoms with Gasteiger partial charge < -0.3 is 47.3 Å². The van der Waals surface area contributed by atoms with Gasteiger partial charge in [0.05, 0.1) is 0 Å². The molecule has 0 fully saturated rings. The molecule has 0 aliphatic heterocycles. The smallest absolute Gasteiger partial charge is 0 e. The Labute approximate surface area is 70.1 Å². The molecule has 51 valence electrons. The van der Waals surface area contributed by atoms with Crippen LogP contribution >= 0.6 is 0 Å². The molecule has 0 amide bonds. The number of hydrogen-bond acceptors (Lipinski definition) is 4. The molecule has 0 heterocycles. The Bertz CT molecular complexity index is 55.5. The Morgan fingerprint density at radius 1 is 0.444 bits per heavy atom. The third-order valence-electron chi connectivity index (χ3n) is 0. The van der Waals surface area contributed by atoms with Crippen molar-refractivity contribution in [2.45, 2.75) is 0 Å². The number of nitrogens with zero attached hydrogens (tertiary/aromatic N) is 4. The minimum Gasteiger partial charge on any atom is -0.512 e. The van der Waals surface area contributed by atoms with Crippen molar-refractivity contribution in [3.05, 3.63) is 26.3 Å². The summed E-state index contributed by atoms with van der Waals surface area (Å²) in [5, 5.41) is 25.0. The first-order valence-electron chi connectivity index (χ1n) is 0.894. The number of rotatable bonds is 0. The third kappa shape index (κ3) is 87.6. The van der Waals surface area contributed by atoms with Gasteiger partial charge in [0, 0.05) is 22.4 Å². The maximum Gasteiger partial charge on any atom is 0 e.